The van der Waals surface area contributed by atoms with Crippen molar-refractivity contribution in [1.29, 1.82) is 0 Å². The first-order chi connectivity index (χ1) is 12.7. The van der Waals surface area contributed by atoms with E-state index in [1.54, 1.807) is 37.3 Å². The summed E-state index contributed by atoms with van der Waals surface area (Å²) in [6, 6.07) is 10.3. The van der Waals surface area contributed by atoms with Crippen molar-refractivity contribution >= 4 is 21.6 Å². The molecule has 0 spiro atoms. The summed E-state index contributed by atoms with van der Waals surface area (Å²) in [5, 5.41) is 2.66. The number of benzene rings is 2. The van der Waals surface area contributed by atoms with Crippen LogP contribution in [0.5, 0.6) is 5.75 Å². The third-order valence-electron chi connectivity index (χ3n) is 4.33. The number of hydrogen-bond donors (Lipinski definition) is 1. The van der Waals surface area contributed by atoms with Crippen LogP contribution in [0.3, 0.4) is 0 Å². The number of sulfonamides is 1. The topological polar surface area (TPSA) is 75.7 Å². The van der Waals surface area contributed by atoms with E-state index in [0.29, 0.717) is 12.2 Å². The number of carbonyl (C=O) groups excluding carboxylic acids is 1. The monoisotopic (exact) mass is 390 g/mol. The van der Waals surface area contributed by atoms with Gasteiger partial charge in [0, 0.05) is 6.54 Å². The molecule has 0 radical (unpaired) electrons. The number of anilines is 1. The normalized spacial score (nSPS) is 11.1. The zero-order chi connectivity index (χ0) is 20.2. The Morgan fingerprint density at radius 3 is 2.37 bits per heavy atom. The summed E-state index contributed by atoms with van der Waals surface area (Å²) in [7, 11) is -2.59. The second-order valence-electron chi connectivity index (χ2n) is 6.39. The van der Waals surface area contributed by atoms with E-state index < -0.39 is 10.0 Å². The van der Waals surface area contributed by atoms with E-state index in [0.717, 1.165) is 21.0 Å². The van der Waals surface area contributed by atoms with Crippen molar-refractivity contribution in [3.05, 3.63) is 53.1 Å². The molecule has 2 aromatic carbocycles. The first-order valence-corrected chi connectivity index (χ1v) is 10.2. The van der Waals surface area contributed by atoms with Crippen molar-refractivity contribution in [2.45, 2.75) is 32.6 Å². The zero-order valence-corrected chi connectivity index (χ0v) is 17.2. The molecule has 1 amide bonds. The second-order valence-corrected chi connectivity index (χ2v) is 8.22. The van der Waals surface area contributed by atoms with Crippen LogP contribution in [0.1, 0.15) is 23.6 Å². The van der Waals surface area contributed by atoms with E-state index >= 15 is 0 Å². The van der Waals surface area contributed by atoms with Crippen molar-refractivity contribution in [3.8, 4) is 5.75 Å². The summed E-state index contributed by atoms with van der Waals surface area (Å²) < 4.78 is 33.3. The summed E-state index contributed by atoms with van der Waals surface area (Å²) in [5.41, 5.74) is 3.21. The summed E-state index contributed by atoms with van der Waals surface area (Å²) in [6.07, 6.45) is 0. The third kappa shape index (κ3) is 4.60. The maximum Gasteiger partial charge on any atom is 0.268 e. The molecule has 0 heterocycles. The molecule has 0 unspecified atom stereocenters. The molecule has 0 bridgehead atoms. The molecule has 0 aliphatic heterocycles. The molecule has 0 aliphatic carbocycles. The molecular weight excluding hydrogens is 364 g/mol. The van der Waals surface area contributed by atoms with Crippen LogP contribution in [-0.2, 0) is 14.8 Å². The Morgan fingerprint density at radius 2 is 1.78 bits per heavy atom. The highest BCUT2D eigenvalue weighted by molar-refractivity contribution is 7.93. The van der Waals surface area contributed by atoms with E-state index in [4.69, 9.17) is 4.74 Å². The van der Waals surface area contributed by atoms with Crippen molar-refractivity contribution in [1.82, 2.24) is 5.32 Å². The van der Waals surface area contributed by atoms with Gasteiger partial charge in [-0.05, 0) is 68.7 Å². The number of ether oxygens (including phenoxy) is 1. The van der Waals surface area contributed by atoms with Crippen LogP contribution in [0.4, 0.5) is 5.69 Å². The van der Waals surface area contributed by atoms with Crippen LogP contribution in [0.15, 0.2) is 41.3 Å². The highest BCUT2D eigenvalue weighted by atomic mass is 32.2. The van der Waals surface area contributed by atoms with E-state index in [1.165, 1.54) is 7.11 Å². The fraction of sp³-hybridized carbons (Fsp3) is 0.350. The predicted octanol–water partition coefficient (Wildman–Crippen LogP) is 2.95. The molecule has 0 aliphatic rings. The first-order valence-electron chi connectivity index (χ1n) is 8.72. The molecule has 7 heteroatoms. The van der Waals surface area contributed by atoms with Crippen LogP contribution in [0.2, 0.25) is 0 Å². The molecule has 0 saturated carbocycles. The van der Waals surface area contributed by atoms with Gasteiger partial charge in [-0.3, -0.25) is 9.10 Å². The molecule has 6 nitrogen and oxygen atoms in total. The largest absolute Gasteiger partial charge is 0.495 e. The van der Waals surface area contributed by atoms with E-state index in [1.807, 2.05) is 26.8 Å². The standard InChI is InChI=1S/C20H26N2O4S/c1-6-21-20(23)13-22(17-9-8-15(3)16(4)12-17)27(24,25)19-11-14(2)7-10-18(19)26-5/h7-12H,6,13H2,1-5H3,(H,21,23). The van der Waals surface area contributed by atoms with Crippen molar-refractivity contribution in [2.75, 3.05) is 24.5 Å². The lowest BCUT2D eigenvalue weighted by Crippen LogP contribution is -2.41. The highest BCUT2D eigenvalue weighted by Gasteiger charge is 2.30. The van der Waals surface area contributed by atoms with Crippen molar-refractivity contribution < 1.29 is 17.9 Å². The predicted molar refractivity (Wildman–Crippen MR) is 107 cm³/mol. The average Bonchev–Trinajstić information content (AvgIpc) is 2.62. The van der Waals surface area contributed by atoms with Gasteiger partial charge in [0.1, 0.15) is 17.2 Å². The van der Waals surface area contributed by atoms with Gasteiger partial charge >= 0.3 is 0 Å². The molecule has 0 saturated heterocycles. The molecule has 146 valence electrons. The molecule has 27 heavy (non-hydrogen) atoms. The summed E-state index contributed by atoms with van der Waals surface area (Å²) in [4.78, 5) is 12.3. The lowest BCUT2D eigenvalue weighted by Gasteiger charge is -2.25. The minimum Gasteiger partial charge on any atom is -0.495 e. The number of likely N-dealkylation sites (N-methyl/N-ethyl adjacent to an activating group) is 1. The molecule has 1 N–H and O–H groups in total. The van der Waals surface area contributed by atoms with E-state index in [9.17, 15) is 13.2 Å². The van der Waals surface area contributed by atoms with E-state index in [2.05, 4.69) is 5.32 Å². The van der Waals surface area contributed by atoms with Gasteiger partial charge in [0.2, 0.25) is 5.91 Å². The number of carbonyl (C=O) groups is 1. The number of nitrogens with one attached hydrogen (secondary N) is 1. The Labute approximate surface area is 161 Å². The molecule has 2 rings (SSSR count). The molecule has 2 aromatic rings. The fourth-order valence-corrected chi connectivity index (χ4v) is 4.34. The van der Waals surface area contributed by atoms with Crippen LogP contribution >= 0.6 is 0 Å². The zero-order valence-electron chi connectivity index (χ0n) is 16.4. The smallest absolute Gasteiger partial charge is 0.268 e. The number of amides is 1. The summed E-state index contributed by atoms with van der Waals surface area (Å²) >= 11 is 0. The maximum atomic E-state index is 13.5. The van der Waals surface area contributed by atoms with Crippen LogP contribution < -0.4 is 14.4 Å². The van der Waals surface area contributed by atoms with Crippen molar-refractivity contribution in [2.24, 2.45) is 0 Å². The summed E-state index contributed by atoms with van der Waals surface area (Å²) in [5.74, 6) is -0.128. The lowest BCUT2D eigenvalue weighted by atomic mass is 10.1. The average molecular weight is 391 g/mol. The molecular formula is C20H26N2O4S. The SMILES string of the molecule is CCNC(=O)CN(c1ccc(C)c(C)c1)S(=O)(=O)c1cc(C)ccc1OC. The molecule has 0 fully saturated rings. The number of rotatable bonds is 7. The van der Waals surface area contributed by atoms with Gasteiger partial charge in [-0.2, -0.15) is 0 Å². The van der Waals surface area contributed by atoms with Gasteiger partial charge in [-0.15, -0.1) is 0 Å². The van der Waals surface area contributed by atoms with Crippen LogP contribution in [0, 0.1) is 20.8 Å². The third-order valence-corrected chi connectivity index (χ3v) is 6.12. The molecule has 0 atom stereocenters. The van der Waals surface area contributed by atoms with Gasteiger partial charge in [-0.1, -0.05) is 12.1 Å². The first kappa shape index (κ1) is 20.8. The van der Waals surface area contributed by atoms with Gasteiger partial charge in [0.15, 0.2) is 0 Å². The highest BCUT2D eigenvalue weighted by Crippen LogP contribution is 2.31. The summed E-state index contributed by atoms with van der Waals surface area (Å²) in [6.45, 7) is 7.57. The maximum absolute atomic E-state index is 13.5. The second kappa shape index (κ2) is 8.43. The van der Waals surface area contributed by atoms with Crippen molar-refractivity contribution in [3.63, 3.8) is 0 Å². The van der Waals surface area contributed by atoms with Gasteiger partial charge in [0.05, 0.1) is 12.8 Å². The van der Waals surface area contributed by atoms with Gasteiger partial charge < -0.3 is 10.1 Å². The minimum atomic E-state index is -4.01. The number of nitrogens with zero attached hydrogens (tertiary/aromatic N) is 1. The molecule has 0 aromatic heterocycles. The number of aryl methyl sites for hydroxylation is 3. The Balaban J connectivity index is 2.62. The quantitative estimate of drug-likeness (QED) is 0.789. The van der Waals surface area contributed by atoms with Gasteiger partial charge in [-0.25, -0.2) is 8.42 Å². The number of methoxy groups -OCH3 is 1. The minimum absolute atomic E-state index is 0.0347. The van der Waals surface area contributed by atoms with Crippen LogP contribution in [0.25, 0.3) is 0 Å². The van der Waals surface area contributed by atoms with E-state index in [-0.39, 0.29) is 23.1 Å². The Bertz CT molecular complexity index is 939. The Hall–Kier alpha value is -2.54. The Kier molecular flexibility index (Phi) is 6.49. The number of hydrogen-bond acceptors (Lipinski definition) is 4. The Morgan fingerprint density at radius 1 is 1.07 bits per heavy atom. The fourth-order valence-electron chi connectivity index (χ4n) is 2.68. The van der Waals surface area contributed by atoms with Crippen LogP contribution in [-0.4, -0.2) is 34.5 Å². The lowest BCUT2D eigenvalue weighted by molar-refractivity contribution is -0.119. The van der Waals surface area contributed by atoms with Gasteiger partial charge in [0.25, 0.3) is 10.0 Å².